The lowest BCUT2D eigenvalue weighted by Crippen LogP contribution is -2.20. The quantitative estimate of drug-likeness (QED) is 0.347. The molecule has 3 rings (SSSR count). The molecule has 0 aliphatic carbocycles. The molecule has 3 aromatic carbocycles. The van der Waals surface area contributed by atoms with Crippen molar-refractivity contribution >= 4 is 17.3 Å². The van der Waals surface area contributed by atoms with Crippen LogP contribution in [0.1, 0.15) is 31.9 Å². The van der Waals surface area contributed by atoms with Crippen LogP contribution < -0.4 is 9.47 Å². The molecule has 1 atom stereocenters. The number of benzene rings is 3. The van der Waals surface area contributed by atoms with Crippen LogP contribution in [0.4, 0.5) is 4.39 Å². The SMILES string of the molecule is CC(C)(C)S(=O)O.COc1ccc(F)cc1-c1ccc(C=N)cc1OCc1ccccc1. The van der Waals surface area contributed by atoms with E-state index >= 15 is 0 Å². The number of methoxy groups -OCH3 is 1. The van der Waals surface area contributed by atoms with E-state index in [2.05, 4.69) is 0 Å². The molecule has 2 N–H and O–H groups in total. The molecule has 0 bridgehead atoms. The van der Waals surface area contributed by atoms with Crippen LogP contribution in [0.3, 0.4) is 0 Å². The third-order valence-electron chi connectivity index (χ3n) is 4.39. The maximum Gasteiger partial charge on any atom is 0.158 e. The number of hydrogen-bond acceptors (Lipinski definition) is 4. The zero-order chi connectivity index (χ0) is 23.7. The van der Waals surface area contributed by atoms with E-state index in [1.165, 1.54) is 18.3 Å². The van der Waals surface area contributed by atoms with Crippen molar-refractivity contribution < 1.29 is 22.6 Å². The van der Waals surface area contributed by atoms with Crippen molar-refractivity contribution in [2.45, 2.75) is 32.1 Å². The summed E-state index contributed by atoms with van der Waals surface area (Å²) in [5.41, 5.74) is 3.07. The largest absolute Gasteiger partial charge is 0.496 e. The van der Waals surface area contributed by atoms with E-state index < -0.39 is 15.8 Å². The predicted octanol–water partition coefficient (Wildman–Crippen LogP) is 6.08. The highest BCUT2D eigenvalue weighted by atomic mass is 32.2. The molecule has 5 nitrogen and oxygen atoms in total. The summed E-state index contributed by atoms with van der Waals surface area (Å²) in [5.74, 6) is 0.795. The Hall–Kier alpha value is -3.03. The molecule has 0 heterocycles. The summed E-state index contributed by atoms with van der Waals surface area (Å²) in [7, 11) is 1.55. The van der Waals surface area contributed by atoms with E-state index in [1.54, 1.807) is 46.1 Å². The normalized spacial score (nSPS) is 11.7. The van der Waals surface area contributed by atoms with Gasteiger partial charge in [0, 0.05) is 17.3 Å². The minimum atomic E-state index is -1.68. The summed E-state index contributed by atoms with van der Waals surface area (Å²) in [5, 5.41) is 7.46. The molecule has 0 amide bonds. The Morgan fingerprint density at radius 3 is 2.22 bits per heavy atom. The fraction of sp³-hybridized carbons (Fsp3) is 0.240. The van der Waals surface area contributed by atoms with Gasteiger partial charge in [0.1, 0.15) is 23.9 Å². The van der Waals surface area contributed by atoms with Crippen molar-refractivity contribution in [2.75, 3.05) is 7.11 Å². The Kier molecular flexibility index (Phi) is 9.11. The van der Waals surface area contributed by atoms with Gasteiger partial charge in [-0.3, -0.25) is 0 Å². The third kappa shape index (κ3) is 7.28. The highest BCUT2D eigenvalue weighted by molar-refractivity contribution is 7.80. The van der Waals surface area contributed by atoms with Crippen LogP contribution in [0, 0.1) is 11.2 Å². The monoisotopic (exact) mass is 457 g/mol. The van der Waals surface area contributed by atoms with Gasteiger partial charge in [-0.2, -0.15) is 0 Å². The van der Waals surface area contributed by atoms with Gasteiger partial charge in [0.05, 0.1) is 11.9 Å². The molecular weight excluding hydrogens is 429 g/mol. The molecule has 0 saturated heterocycles. The standard InChI is InChI=1S/C21H18FNO2.C4H10O2S/c1-24-20-10-8-17(22)12-19(20)18-9-7-16(13-23)11-21(18)25-14-15-5-3-2-4-6-15;1-4(2,3)7(5)6/h2-13,23H,14H2,1H3;1-3H3,(H,5,6). The van der Waals surface area contributed by atoms with Gasteiger partial charge >= 0.3 is 0 Å². The number of hydrogen-bond donors (Lipinski definition) is 2. The van der Waals surface area contributed by atoms with Gasteiger partial charge in [-0.05, 0) is 62.2 Å². The lowest BCUT2D eigenvalue weighted by molar-refractivity contribution is 0.307. The first-order valence-corrected chi connectivity index (χ1v) is 11.0. The summed E-state index contributed by atoms with van der Waals surface area (Å²) in [6, 6.07) is 19.6. The molecule has 0 saturated carbocycles. The molecule has 0 fully saturated rings. The van der Waals surface area contributed by atoms with Crippen LogP contribution >= 0.6 is 0 Å². The van der Waals surface area contributed by atoms with Gasteiger partial charge in [-0.15, -0.1) is 0 Å². The lowest BCUT2D eigenvalue weighted by atomic mass is 10.0. The second-order valence-electron chi connectivity index (χ2n) is 7.88. The molecular formula is C25H28FNO4S. The first kappa shape index (κ1) is 25.2. The molecule has 32 heavy (non-hydrogen) atoms. The third-order valence-corrected chi connectivity index (χ3v) is 5.43. The summed E-state index contributed by atoms with van der Waals surface area (Å²) in [6.45, 7) is 5.52. The Morgan fingerprint density at radius 1 is 1.00 bits per heavy atom. The van der Waals surface area contributed by atoms with Crippen molar-refractivity contribution in [1.82, 2.24) is 0 Å². The van der Waals surface area contributed by atoms with E-state index in [0.29, 0.717) is 29.2 Å². The zero-order valence-corrected chi connectivity index (χ0v) is 19.4. The highest BCUT2D eigenvalue weighted by Gasteiger charge is 2.16. The average Bonchev–Trinajstić information content (AvgIpc) is 2.78. The van der Waals surface area contributed by atoms with Crippen LogP contribution in [0.2, 0.25) is 0 Å². The van der Waals surface area contributed by atoms with E-state index in [1.807, 2.05) is 36.4 Å². The molecule has 7 heteroatoms. The molecule has 0 aliphatic heterocycles. The van der Waals surface area contributed by atoms with Crippen LogP contribution in [0.25, 0.3) is 11.1 Å². The maximum absolute atomic E-state index is 13.8. The molecule has 0 spiro atoms. The molecule has 0 radical (unpaired) electrons. The minimum absolute atomic E-state index is 0.346. The van der Waals surface area contributed by atoms with Crippen molar-refractivity contribution in [2.24, 2.45) is 0 Å². The van der Waals surface area contributed by atoms with Crippen LogP contribution in [0.5, 0.6) is 11.5 Å². The Labute approximate surface area is 191 Å². The second-order valence-corrected chi connectivity index (χ2v) is 9.60. The Bertz CT molecular complexity index is 1070. The molecule has 0 aliphatic rings. The summed E-state index contributed by atoms with van der Waals surface area (Å²) < 4.78 is 43.1. The molecule has 3 aromatic rings. The second kappa shape index (κ2) is 11.5. The first-order chi connectivity index (χ1) is 15.2. The fourth-order valence-corrected chi connectivity index (χ4v) is 2.60. The van der Waals surface area contributed by atoms with E-state index in [4.69, 9.17) is 19.4 Å². The van der Waals surface area contributed by atoms with Crippen LogP contribution in [-0.4, -0.2) is 26.8 Å². The van der Waals surface area contributed by atoms with Gasteiger partial charge in [0.15, 0.2) is 11.1 Å². The van der Waals surface area contributed by atoms with Gasteiger partial charge in [-0.25, -0.2) is 8.60 Å². The smallest absolute Gasteiger partial charge is 0.158 e. The van der Waals surface area contributed by atoms with Crippen molar-refractivity contribution in [3.63, 3.8) is 0 Å². The van der Waals surface area contributed by atoms with E-state index in [9.17, 15) is 8.60 Å². The van der Waals surface area contributed by atoms with Crippen LogP contribution in [0.15, 0.2) is 66.7 Å². The summed E-state index contributed by atoms with van der Waals surface area (Å²) in [4.78, 5) is 0. The molecule has 1 unspecified atom stereocenters. The maximum atomic E-state index is 13.8. The number of nitrogens with one attached hydrogen (secondary N) is 1. The number of halogens is 1. The lowest BCUT2D eigenvalue weighted by Gasteiger charge is -2.15. The van der Waals surface area contributed by atoms with Gasteiger partial charge in [0.25, 0.3) is 0 Å². The summed E-state index contributed by atoms with van der Waals surface area (Å²) >= 11 is -1.68. The average molecular weight is 458 g/mol. The number of ether oxygens (including phenoxy) is 2. The van der Waals surface area contributed by atoms with Gasteiger partial charge in [0.2, 0.25) is 0 Å². The molecule has 0 aromatic heterocycles. The topological polar surface area (TPSA) is 79.6 Å². The van der Waals surface area contributed by atoms with Crippen molar-refractivity contribution in [3.05, 3.63) is 83.7 Å². The molecule has 170 valence electrons. The van der Waals surface area contributed by atoms with Crippen molar-refractivity contribution in [1.29, 1.82) is 5.41 Å². The number of rotatable bonds is 6. The Morgan fingerprint density at radius 2 is 1.66 bits per heavy atom. The Balaban J connectivity index is 0.000000451. The van der Waals surface area contributed by atoms with E-state index in [0.717, 1.165) is 11.1 Å². The van der Waals surface area contributed by atoms with Gasteiger partial charge in [-0.1, -0.05) is 36.4 Å². The summed E-state index contributed by atoms with van der Waals surface area (Å²) in [6.07, 6.45) is 1.25. The van der Waals surface area contributed by atoms with Gasteiger partial charge < -0.3 is 19.4 Å². The first-order valence-electron chi connectivity index (χ1n) is 9.92. The zero-order valence-electron chi connectivity index (χ0n) is 18.6. The van der Waals surface area contributed by atoms with Crippen molar-refractivity contribution in [3.8, 4) is 22.6 Å². The van der Waals surface area contributed by atoms with E-state index in [-0.39, 0.29) is 5.82 Å². The predicted molar refractivity (Wildman–Crippen MR) is 128 cm³/mol. The fourth-order valence-electron chi connectivity index (χ4n) is 2.60. The highest BCUT2D eigenvalue weighted by Crippen LogP contribution is 2.37. The van der Waals surface area contributed by atoms with Crippen LogP contribution in [-0.2, 0) is 17.7 Å². The minimum Gasteiger partial charge on any atom is -0.496 e.